The Morgan fingerprint density at radius 1 is 1.26 bits per heavy atom. The van der Waals surface area contributed by atoms with E-state index in [1.165, 1.54) is 38.7 Å². The van der Waals surface area contributed by atoms with Crippen LogP contribution in [0.2, 0.25) is 5.02 Å². The second-order valence-electron chi connectivity index (χ2n) is 5.16. The quantitative estimate of drug-likeness (QED) is 0.496. The zero-order chi connectivity index (χ0) is 19.8. The molecule has 0 radical (unpaired) electrons. The van der Waals surface area contributed by atoms with Crippen molar-refractivity contribution >= 4 is 29.6 Å². The lowest BCUT2D eigenvalue weighted by atomic mass is 10.2. The molecule has 1 heterocycles. The van der Waals surface area contributed by atoms with E-state index in [9.17, 15) is 9.59 Å². The molecule has 0 amide bonds. The molecule has 0 N–H and O–H groups in total. The molecule has 144 valence electrons. The third-order valence-electron chi connectivity index (χ3n) is 3.44. The van der Waals surface area contributed by atoms with Gasteiger partial charge in [-0.25, -0.2) is 9.59 Å². The molecule has 0 saturated heterocycles. The van der Waals surface area contributed by atoms with Crippen molar-refractivity contribution < 1.29 is 33.0 Å². The van der Waals surface area contributed by atoms with Crippen LogP contribution in [-0.4, -0.2) is 32.8 Å². The van der Waals surface area contributed by atoms with E-state index in [2.05, 4.69) is 4.74 Å². The zero-order valence-corrected chi connectivity index (χ0v) is 15.9. The fourth-order valence-corrected chi connectivity index (χ4v) is 2.53. The molecule has 0 bridgehead atoms. The van der Waals surface area contributed by atoms with Crippen molar-refractivity contribution in [1.29, 1.82) is 0 Å². The fourth-order valence-electron chi connectivity index (χ4n) is 2.24. The van der Waals surface area contributed by atoms with Crippen LogP contribution in [0.3, 0.4) is 0 Å². The number of rotatable bonds is 8. The first-order chi connectivity index (χ1) is 13.0. The van der Waals surface area contributed by atoms with E-state index in [0.29, 0.717) is 28.7 Å². The van der Waals surface area contributed by atoms with Gasteiger partial charge in [-0.15, -0.1) is 0 Å². The predicted molar refractivity (Wildman–Crippen MR) is 98.1 cm³/mol. The predicted octanol–water partition coefficient (Wildman–Crippen LogP) is 3.88. The Bertz CT molecular complexity index is 839. The molecule has 0 atom stereocenters. The highest BCUT2D eigenvalue weighted by Crippen LogP contribution is 2.36. The van der Waals surface area contributed by atoms with Crippen LogP contribution in [0.15, 0.2) is 35.0 Å². The molecule has 2 rings (SSSR count). The molecule has 0 fully saturated rings. The van der Waals surface area contributed by atoms with Crippen LogP contribution in [0, 0.1) is 0 Å². The number of halogens is 1. The molecule has 0 saturated carbocycles. The Hall–Kier alpha value is -2.93. The molecule has 7 nitrogen and oxygen atoms in total. The summed E-state index contributed by atoms with van der Waals surface area (Å²) in [5, 5.41) is 0.356. The van der Waals surface area contributed by atoms with Gasteiger partial charge in [0.25, 0.3) is 0 Å². The van der Waals surface area contributed by atoms with Crippen LogP contribution in [0.5, 0.6) is 11.5 Å². The van der Waals surface area contributed by atoms with E-state index in [1.54, 1.807) is 12.1 Å². The summed E-state index contributed by atoms with van der Waals surface area (Å²) in [6.45, 7) is 2.08. The van der Waals surface area contributed by atoms with Crippen molar-refractivity contribution in [2.24, 2.45) is 0 Å². The summed E-state index contributed by atoms with van der Waals surface area (Å²) in [6, 6.07) is 4.77. The molecule has 0 aliphatic heterocycles. The molecule has 0 unspecified atom stereocenters. The topological polar surface area (TPSA) is 84.2 Å². The van der Waals surface area contributed by atoms with E-state index in [0.717, 1.165) is 0 Å². The van der Waals surface area contributed by atoms with Gasteiger partial charge < -0.3 is 23.4 Å². The summed E-state index contributed by atoms with van der Waals surface area (Å²) in [7, 11) is 2.75. The first-order valence-corrected chi connectivity index (χ1v) is 8.37. The molecule has 0 aliphatic carbocycles. The summed E-state index contributed by atoms with van der Waals surface area (Å²) in [5.41, 5.74) is 0.840. The van der Waals surface area contributed by atoms with Crippen molar-refractivity contribution in [3.05, 3.63) is 52.4 Å². The van der Waals surface area contributed by atoms with Crippen molar-refractivity contribution in [2.45, 2.75) is 13.5 Å². The molecule has 8 heteroatoms. The number of hydrogen-bond donors (Lipinski definition) is 0. The van der Waals surface area contributed by atoms with Gasteiger partial charge in [0.15, 0.2) is 23.9 Å². The summed E-state index contributed by atoms with van der Waals surface area (Å²) in [4.78, 5) is 23.5. The van der Waals surface area contributed by atoms with Crippen molar-refractivity contribution in [1.82, 2.24) is 0 Å². The Kier molecular flexibility index (Phi) is 7.31. The molecule has 0 spiro atoms. The molecule has 1 aromatic carbocycles. The largest absolute Gasteiger partial charge is 0.491 e. The zero-order valence-electron chi connectivity index (χ0n) is 15.1. The number of carbonyl (C=O) groups is 2. The number of benzene rings is 1. The Labute approximate surface area is 161 Å². The van der Waals surface area contributed by atoms with E-state index in [1.807, 2.05) is 6.92 Å². The maximum absolute atomic E-state index is 11.9. The van der Waals surface area contributed by atoms with E-state index in [-0.39, 0.29) is 17.9 Å². The number of hydrogen-bond acceptors (Lipinski definition) is 7. The van der Waals surface area contributed by atoms with E-state index >= 15 is 0 Å². The Morgan fingerprint density at radius 3 is 2.70 bits per heavy atom. The highest BCUT2D eigenvalue weighted by Gasteiger charge is 2.16. The van der Waals surface area contributed by atoms with Gasteiger partial charge >= 0.3 is 11.9 Å². The van der Waals surface area contributed by atoms with Crippen molar-refractivity contribution in [3.63, 3.8) is 0 Å². The normalized spacial score (nSPS) is 10.7. The minimum atomic E-state index is -0.618. The highest BCUT2D eigenvalue weighted by atomic mass is 35.5. The van der Waals surface area contributed by atoms with E-state index < -0.39 is 11.9 Å². The lowest BCUT2D eigenvalue weighted by Gasteiger charge is -2.11. The minimum absolute atomic E-state index is 0.200. The van der Waals surface area contributed by atoms with Crippen LogP contribution in [-0.2, 0) is 20.9 Å². The summed E-state index contributed by atoms with van der Waals surface area (Å²) in [6.07, 6.45) is 4.08. The standard InChI is InChI=1S/C19H19ClO7/c1-4-25-15-10-12(9-14(20)18(15)23-2)5-6-17(21)27-11-16-13(7-8-26-16)19(22)24-3/h5-10H,4,11H2,1-3H3/b6-5+. The van der Waals surface area contributed by atoms with Crippen LogP contribution in [0.1, 0.15) is 28.6 Å². The smallest absolute Gasteiger partial charge is 0.341 e. The second kappa shape index (κ2) is 9.68. The van der Waals surface area contributed by atoms with Crippen LogP contribution in [0.25, 0.3) is 6.08 Å². The number of furan rings is 1. The van der Waals surface area contributed by atoms with Gasteiger partial charge in [-0.3, -0.25) is 0 Å². The molecule has 0 aliphatic rings. The first kappa shape index (κ1) is 20.4. The van der Waals surface area contributed by atoms with Crippen molar-refractivity contribution in [2.75, 3.05) is 20.8 Å². The summed E-state index contributed by atoms with van der Waals surface area (Å²) >= 11 is 6.16. The number of carbonyl (C=O) groups excluding carboxylic acids is 2. The number of esters is 2. The average Bonchev–Trinajstić information content (AvgIpc) is 3.13. The molecular formula is C19H19ClO7. The van der Waals surface area contributed by atoms with Crippen LogP contribution in [0.4, 0.5) is 0 Å². The summed E-state index contributed by atoms with van der Waals surface area (Å²) in [5.74, 6) is -0.0891. The van der Waals surface area contributed by atoms with Gasteiger partial charge in [-0.2, -0.15) is 0 Å². The molecule has 27 heavy (non-hydrogen) atoms. The van der Waals surface area contributed by atoms with Crippen LogP contribution >= 0.6 is 11.6 Å². The lowest BCUT2D eigenvalue weighted by molar-refractivity contribution is -0.139. The average molecular weight is 395 g/mol. The SMILES string of the molecule is CCOc1cc(/C=C/C(=O)OCc2occc2C(=O)OC)cc(Cl)c1OC. The lowest BCUT2D eigenvalue weighted by Crippen LogP contribution is -2.06. The first-order valence-electron chi connectivity index (χ1n) is 8.00. The Morgan fingerprint density at radius 2 is 2.04 bits per heavy atom. The maximum Gasteiger partial charge on any atom is 0.341 e. The van der Waals surface area contributed by atoms with Crippen LogP contribution < -0.4 is 9.47 Å². The van der Waals surface area contributed by atoms with Gasteiger partial charge in [0, 0.05) is 6.08 Å². The molecular weight excluding hydrogens is 376 g/mol. The number of ether oxygens (including phenoxy) is 4. The maximum atomic E-state index is 11.9. The highest BCUT2D eigenvalue weighted by molar-refractivity contribution is 6.32. The molecule has 1 aromatic heterocycles. The number of methoxy groups -OCH3 is 2. The Balaban J connectivity index is 2.05. The molecule has 2 aromatic rings. The van der Waals surface area contributed by atoms with Gasteiger partial charge in [0.05, 0.1) is 32.1 Å². The second-order valence-corrected chi connectivity index (χ2v) is 5.56. The van der Waals surface area contributed by atoms with Gasteiger partial charge in [0.1, 0.15) is 5.56 Å². The third kappa shape index (κ3) is 5.27. The van der Waals surface area contributed by atoms with E-state index in [4.69, 9.17) is 30.2 Å². The van der Waals surface area contributed by atoms with Gasteiger partial charge in [0.2, 0.25) is 0 Å². The van der Waals surface area contributed by atoms with Gasteiger partial charge in [-0.05, 0) is 36.8 Å². The van der Waals surface area contributed by atoms with Gasteiger partial charge in [-0.1, -0.05) is 11.6 Å². The van der Waals surface area contributed by atoms with Crippen molar-refractivity contribution in [3.8, 4) is 11.5 Å². The third-order valence-corrected chi connectivity index (χ3v) is 3.72. The monoisotopic (exact) mass is 394 g/mol. The summed E-state index contributed by atoms with van der Waals surface area (Å²) < 4.78 is 25.5. The minimum Gasteiger partial charge on any atom is -0.491 e. The fraction of sp³-hybridized carbons (Fsp3) is 0.263.